The van der Waals surface area contributed by atoms with Crippen molar-refractivity contribution in [3.05, 3.63) is 28.8 Å². The Morgan fingerprint density at radius 1 is 1.21 bits per heavy atom. The maximum absolute atomic E-state index is 12.7. The summed E-state index contributed by atoms with van der Waals surface area (Å²) in [6, 6.07) is 3.99. The molecule has 0 bridgehead atoms. The number of carbonyl (C=O) groups is 2. The van der Waals surface area contributed by atoms with Crippen LogP contribution in [0.4, 0.5) is 0 Å². The zero-order valence-corrected chi connectivity index (χ0v) is 16.9. The van der Waals surface area contributed by atoms with Gasteiger partial charge in [0.05, 0.1) is 28.7 Å². The van der Waals surface area contributed by atoms with Crippen molar-refractivity contribution in [1.82, 2.24) is 9.62 Å². The second-order valence-electron chi connectivity index (χ2n) is 6.78. The molecule has 1 heterocycles. The first-order valence-electron chi connectivity index (χ1n) is 9.22. The Kier molecular flexibility index (Phi) is 6.92. The summed E-state index contributed by atoms with van der Waals surface area (Å²) >= 11 is 6.05. The lowest BCUT2D eigenvalue weighted by Gasteiger charge is -2.26. The van der Waals surface area contributed by atoms with Gasteiger partial charge in [-0.15, -0.1) is 0 Å². The Balaban J connectivity index is 1.66. The van der Waals surface area contributed by atoms with E-state index < -0.39 is 22.6 Å². The molecule has 0 atom stereocenters. The molecule has 0 radical (unpaired) electrons. The van der Waals surface area contributed by atoms with Gasteiger partial charge in [-0.2, -0.15) is 4.31 Å². The number of sulfonamides is 1. The Morgan fingerprint density at radius 2 is 1.89 bits per heavy atom. The van der Waals surface area contributed by atoms with Crippen LogP contribution in [-0.4, -0.2) is 63.6 Å². The fourth-order valence-corrected chi connectivity index (χ4v) is 4.94. The average molecular weight is 431 g/mol. The highest BCUT2D eigenvalue weighted by Crippen LogP contribution is 2.24. The highest BCUT2D eigenvalue weighted by molar-refractivity contribution is 7.89. The number of esters is 1. The van der Waals surface area contributed by atoms with E-state index in [1.807, 2.05) is 0 Å². The third kappa shape index (κ3) is 5.02. The molecule has 1 saturated carbocycles. The summed E-state index contributed by atoms with van der Waals surface area (Å²) in [5.41, 5.74) is -0.0929. The summed E-state index contributed by atoms with van der Waals surface area (Å²) in [5.74, 6) is -1.22. The Hall–Kier alpha value is -1.68. The van der Waals surface area contributed by atoms with Crippen molar-refractivity contribution in [2.24, 2.45) is 0 Å². The molecular weight excluding hydrogens is 408 g/mol. The fourth-order valence-electron chi connectivity index (χ4n) is 3.31. The third-order valence-electron chi connectivity index (χ3n) is 4.82. The number of hydrogen-bond donors (Lipinski definition) is 1. The summed E-state index contributed by atoms with van der Waals surface area (Å²) in [7, 11) is -3.77. The standard InChI is InChI=1S/C18H23ClN2O6S/c19-16-6-5-14(28(24,25)21-7-9-26-10-8-21)11-15(16)18(23)27-12-17(22)20-13-3-1-2-4-13/h5-6,11,13H,1-4,7-10,12H2,(H,20,22). The van der Waals surface area contributed by atoms with Crippen molar-refractivity contribution in [1.29, 1.82) is 0 Å². The fraction of sp³-hybridized carbons (Fsp3) is 0.556. The van der Waals surface area contributed by atoms with E-state index in [9.17, 15) is 18.0 Å². The molecule has 8 nitrogen and oxygen atoms in total. The van der Waals surface area contributed by atoms with E-state index in [0.29, 0.717) is 13.2 Å². The molecule has 1 N–H and O–H groups in total. The van der Waals surface area contributed by atoms with Gasteiger partial charge in [0.25, 0.3) is 5.91 Å². The predicted molar refractivity (Wildman–Crippen MR) is 102 cm³/mol. The molecule has 1 amide bonds. The number of rotatable bonds is 6. The topological polar surface area (TPSA) is 102 Å². The first-order valence-corrected chi connectivity index (χ1v) is 11.0. The van der Waals surface area contributed by atoms with E-state index in [1.54, 1.807) is 0 Å². The molecule has 0 aromatic heterocycles. The number of hydrogen-bond acceptors (Lipinski definition) is 6. The summed E-state index contributed by atoms with van der Waals surface area (Å²) in [4.78, 5) is 24.2. The molecule has 1 saturated heterocycles. The lowest BCUT2D eigenvalue weighted by molar-refractivity contribution is -0.124. The van der Waals surface area contributed by atoms with Gasteiger partial charge in [0.15, 0.2) is 6.61 Å². The van der Waals surface area contributed by atoms with Crippen LogP contribution in [0.3, 0.4) is 0 Å². The van der Waals surface area contributed by atoms with E-state index in [1.165, 1.54) is 22.5 Å². The van der Waals surface area contributed by atoms with Gasteiger partial charge in [0.1, 0.15) is 0 Å². The van der Waals surface area contributed by atoms with E-state index in [-0.39, 0.29) is 40.5 Å². The molecule has 154 valence electrons. The van der Waals surface area contributed by atoms with Crippen molar-refractivity contribution in [2.75, 3.05) is 32.9 Å². The first-order chi connectivity index (χ1) is 13.4. The quantitative estimate of drug-likeness (QED) is 0.687. The number of amides is 1. The van der Waals surface area contributed by atoms with Gasteiger partial charge in [-0.3, -0.25) is 4.79 Å². The second-order valence-corrected chi connectivity index (χ2v) is 9.13. The van der Waals surface area contributed by atoms with E-state index in [0.717, 1.165) is 25.7 Å². The Morgan fingerprint density at radius 3 is 2.57 bits per heavy atom. The lowest BCUT2D eigenvalue weighted by Crippen LogP contribution is -2.40. The Labute approximate surface area is 169 Å². The zero-order valence-electron chi connectivity index (χ0n) is 15.4. The minimum absolute atomic E-state index is 0.0545. The molecule has 2 fully saturated rings. The molecule has 2 aliphatic rings. The predicted octanol–water partition coefficient (Wildman–Crippen LogP) is 1.58. The Bertz CT molecular complexity index is 832. The molecule has 1 aromatic carbocycles. The van der Waals surface area contributed by atoms with Gasteiger partial charge in [0, 0.05) is 19.1 Å². The third-order valence-corrected chi connectivity index (χ3v) is 7.04. The molecule has 1 aromatic rings. The molecule has 1 aliphatic heterocycles. The minimum Gasteiger partial charge on any atom is -0.452 e. The first kappa shape index (κ1) is 21.0. The van der Waals surface area contributed by atoms with Crippen molar-refractivity contribution in [2.45, 2.75) is 36.6 Å². The lowest BCUT2D eigenvalue weighted by atomic mass is 10.2. The highest BCUT2D eigenvalue weighted by atomic mass is 35.5. The monoisotopic (exact) mass is 430 g/mol. The number of nitrogens with one attached hydrogen (secondary N) is 1. The number of carbonyl (C=O) groups excluding carboxylic acids is 2. The molecule has 28 heavy (non-hydrogen) atoms. The normalized spacial score (nSPS) is 18.8. The van der Waals surface area contributed by atoms with E-state index >= 15 is 0 Å². The van der Waals surface area contributed by atoms with Gasteiger partial charge in [-0.05, 0) is 31.0 Å². The molecular formula is C18H23ClN2O6S. The summed E-state index contributed by atoms with van der Waals surface area (Å²) in [6.45, 7) is 0.680. The van der Waals surface area contributed by atoms with Crippen LogP contribution in [0.1, 0.15) is 36.0 Å². The number of nitrogens with zero attached hydrogens (tertiary/aromatic N) is 1. The zero-order chi connectivity index (χ0) is 20.1. The van der Waals surface area contributed by atoms with Crippen LogP contribution < -0.4 is 5.32 Å². The number of benzene rings is 1. The summed E-state index contributed by atoms with van der Waals surface area (Å²) in [5, 5.41) is 2.87. The molecule has 0 spiro atoms. The molecule has 1 aliphatic carbocycles. The van der Waals surface area contributed by atoms with Crippen LogP contribution in [0.25, 0.3) is 0 Å². The average Bonchev–Trinajstić information content (AvgIpc) is 3.20. The van der Waals surface area contributed by atoms with Crippen LogP contribution in [0.2, 0.25) is 5.02 Å². The van der Waals surface area contributed by atoms with Crippen LogP contribution in [-0.2, 0) is 24.3 Å². The van der Waals surface area contributed by atoms with Gasteiger partial charge in [-0.25, -0.2) is 13.2 Å². The van der Waals surface area contributed by atoms with Gasteiger partial charge >= 0.3 is 5.97 Å². The van der Waals surface area contributed by atoms with Crippen molar-refractivity contribution < 1.29 is 27.5 Å². The van der Waals surface area contributed by atoms with Crippen LogP contribution >= 0.6 is 11.6 Å². The molecule has 3 rings (SSSR count). The highest BCUT2D eigenvalue weighted by Gasteiger charge is 2.28. The van der Waals surface area contributed by atoms with Crippen molar-refractivity contribution >= 4 is 33.5 Å². The largest absolute Gasteiger partial charge is 0.452 e. The van der Waals surface area contributed by atoms with Crippen molar-refractivity contribution in [3.8, 4) is 0 Å². The maximum Gasteiger partial charge on any atom is 0.340 e. The summed E-state index contributed by atoms with van der Waals surface area (Å²) < 4.78 is 37.0. The number of halogens is 1. The molecule has 0 unspecified atom stereocenters. The van der Waals surface area contributed by atoms with Crippen LogP contribution in [0.5, 0.6) is 0 Å². The minimum atomic E-state index is -3.77. The van der Waals surface area contributed by atoms with Crippen LogP contribution in [0, 0.1) is 0 Å². The SMILES string of the molecule is O=C(COC(=O)c1cc(S(=O)(=O)N2CCOCC2)ccc1Cl)NC1CCCC1. The van der Waals surface area contributed by atoms with Crippen LogP contribution in [0.15, 0.2) is 23.1 Å². The van der Waals surface area contributed by atoms with E-state index in [4.69, 9.17) is 21.1 Å². The number of morpholine rings is 1. The maximum atomic E-state index is 12.7. The van der Waals surface area contributed by atoms with Gasteiger partial charge in [0.2, 0.25) is 10.0 Å². The van der Waals surface area contributed by atoms with Crippen molar-refractivity contribution in [3.63, 3.8) is 0 Å². The van der Waals surface area contributed by atoms with Gasteiger partial charge in [-0.1, -0.05) is 24.4 Å². The van der Waals surface area contributed by atoms with Gasteiger partial charge < -0.3 is 14.8 Å². The summed E-state index contributed by atoms with van der Waals surface area (Å²) in [6.07, 6.45) is 4.00. The van der Waals surface area contributed by atoms with E-state index in [2.05, 4.69) is 5.32 Å². The molecule has 10 heteroatoms. The number of ether oxygens (including phenoxy) is 2. The smallest absolute Gasteiger partial charge is 0.340 e. The second kappa shape index (κ2) is 9.21.